The van der Waals surface area contributed by atoms with Gasteiger partial charge in [0.1, 0.15) is 5.60 Å². The van der Waals surface area contributed by atoms with Crippen LogP contribution in [0.2, 0.25) is 0 Å². The molecule has 1 aliphatic rings. The number of ether oxygens (including phenoxy) is 2. The summed E-state index contributed by atoms with van der Waals surface area (Å²) in [6.45, 7) is 7.98. The zero-order chi connectivity index (χ0) is 15.3. The Morgan fingerprint density at radius 3 is 2.50 bits per heavy atom. The second-order valence-corrected chi connectivity index (χ2v) is 5.61. The Morgan fingerprint density at radius 2 is 1.95 bits per heavy atom. The van der Waals surface area contributed by atoms with Crippen LogP contribution in [0.15, 0.2) is 0 Å². The van der Waals surface area contributed by atoms with Gasteiger partial charge in [-0.15, -0.1) is 0 Å². The molecule has 0 radical (unpaired) electrons. The number of amides is 2. The van der Waals surface area contributed by atoms with Crippen molar-refractivity contribution in [1.29, 1.82) is 0 Å². The van der Waals surface area contributed by atoms with Crippen molar-refractivity contribution < 1.29 is 23.9 Å². The van der Waals surface area contributed by atoms with Crippen LogP contribution in [0.3, 0.4) is 0 Å². The Kier molecular flexibility index (Phi) is 5.35. The Morgan fingerprint density at radius 1 is 1.30 bits per heavy atom. The van der Waals surface area contributed by atoms with Gasteiger partial charge >= 0.3 is 18.0 Å². The number of carbonyl (C=O) groups is 3. The summed E-state index contributed by atoms with van der Waals surface area (Å²) in [4.78, 5) is 36.0. The van der Waals surface area contributed by atoms with Gasteiger partial charge in [-0.3, -0.25) is 4.79 Å². The van der Waals surface area contributed by atoms with Crippen LogP contribution >= 0.6 is 0 Å². The van der Waals surface area contributed by atoms with E-state index in [0.29, 0.717) is 19.5 Å². The molecule has 1 aliphatic heterocycles. The minimum Gasteiger partial charge on any atom is -0.459 e. The molecule has 0 aliphatic carbocycles. The first-order chi connectivity index (χ1) is 9.23. The second-order valence-electron chi connectivity index (χ2n) is 5.61. The summed E-state index contributed by atoms with van der Waals surface area (Å²) >= 11 is 0. The van der Waals surface area contributed by atoms with Crippen molar-refractivity contribution in [1.82, 2.24) is 10.2 Å². The van der Waals surface area contributed by atoms with Gasteiger partial charge in [-0.25, -0.2) is 9.59 Å². The van der Waals surface area contributed by atoms with E-state index in [2.05, 4.69) is 10.1 Å². The smallest absolute Gasteiger partial charge is 0.410 e. The molecule has 0 spiro atoms. The van der Waals surface area contributed by atoms with Crippen LogP contribution in [-0.4, -0.2) is 54.2 Å². The molecule has 0 bridgehead atoms. The topological polar surface area (TPSA) is 84.9 Å². The van der Waals surface area contributed by atoms with Gasteiger partial charge in [-0.05, 0) is 34.1 Å². The molecule has 1 heterocycles. The summed E-state index contributed by atoms with van der Waals surface area (Å²) in [6.07, 6.45) is 0.176. The lowest BCUT2D eigenvalue weighted by atomic mass is 10.2. The Labute approximate surface area is 118 Å². The maximum absolute atomic E-state index is 11.8. The highest BCUT2D eigenvalue weighted by atomic mass is 16.6. The minimum absolute atomic E-state index is 0.154. The highest BCUT2D eigenvalue weighted by Crippen LogP contribution is 2.15. The summed E-state index contributed by atoms with van der Waals surface area (Å²) in [6, 6.07) is -0.251. The summed E-state index contributed by atoms with van der Waals surface area (Å²) in [5.41, 5.74) is -0.552. The van der Waals surface area contributed by atoms with Crippen LogP contribution in [0.5, 0.6) is 0 Å². The molecule has 1 saturated heterocycles. The van der Waals surface area contributed by atoms with Gasteiger partial charge < -0.3 is 19.7 Å². The lowest BCUT2D eigenvalue weighted by Gasteiger charge is -2.24. The van der Waals surface area contributed by atoms with Gasteiger partial charge in [-0.1, -0.05) is 0 Å². The molecule has 2 amide bonds. The number of esters is 1. The van der Waals surface area contributed by atoms with Crippen LogP contribution in [-0.2, 0) is 19.1 Å². The first-order valence-corrected chi connectivity index (χ1v) is 6.68. The molecule has 0 saturated carbocycles. The van der Waals surface area contributed by atoms with E-state index in [1.807, 2.05) is 0 Å². The van der Waals surface area contributed by atoms with E-state index < -0.39 is 23.6 Å². The van der Waals surface area contributed by atoms with Crippen molar-refractivity contribution in [2.24, 2.45) is 0 Å². The molecule has 7 nitrogen and oxygen atoms in total. The van der Waals surface area contributed by atoms with Gasteiger partial charge in [0.2, 0.25) is 0 Å². The number of nitrogens with zero attached hydrogens (tertiary/aromatic N) is 1. The fourth-order valence-electron chi connectivity index (χ4n) is 1.81. The van der Waals surface area contributed by atoms with E-state index in [9.17, 15) is 14.4 Å². The first-order valence-electron chi connectivity index (χ1n) is 6.68. The first kappa shape index (κ1) is 16.3. The fourth-order valence-corrected chi connectivity index (χ4v) is 1.81. The lowest BCUT2D eigenvalue weighted by molar-refractivity contribution is -0.154. The van der Waals surface area contributed by atoms with Crippen molar-refractivity contribution in [2.45, 2.75) is 45.8 Å². The summed E-state index contributed by atoms with van der Waals surface area (Å²) in [5.74, 6) is -1.67. The summed E-state index contributed by atoms with van der Waals surface area (Å²) in [5, 5.41) is 2.55. The van der Waals surface area contributed by atoms with Crippen molar-refractivity contribution in [3.8, 4) is 0 Å². The summed E-state index contributed by atoms with van der Waals surface area (Å²) < 4.78 is 9.84. The van der Waals surface area contributed by atoms with Crippen molar-refractivity contribution in [2.75, 3.05) is 19.7 Å². The monoisotopic (exact) mass is 286 g/mol. The Hall–Kier alpha value is -1.79. The maximum Gasteiger partial charge on any atom is 0.410 e. The van der Waals surface area contributed by atoms with Crippen LogP contribution in [0.1, 0.15) is 34.1 Å². The minimum atomic E-state index is -0.900. The van der Waals surface area contributed by atoms with Crippen LogP contribution in [0.4, 0.5) is 4.79 Å². The zero-order valence-corrected chi connectivity index (χ0v) is 12.4. The number of hydrogen-bond acceptors (Lipinski definition) is 5. The van der Waals surface area contributed by atoms with E-state index >= 15 is 0 Å². The quantitative estimate of drug-likeness (QED) is 0.596. The third-order valence-corrected chi connectivity index (χ3v) is 2.64. The predicted molar refractivity (Wildman–Crippen MR) is 71.0 cm³/mol. The van der Waals surface area contributed by atoms with Gasteiger partial charge in [0.25, 0.3) is 0 Å². The molecule has 7 heteroatoms. The number of likely N-dealkylation sites (tertiary alicyclic amines) is 1. The van der Waals surface area contributed by atoms with Crippen LogP contribution < -0.4 is 5.32 Å². The number of rotatable bonds is 2. The van der Waals surface area contributed by atoms with Crippen LogP contribution in [0, 0.1) is 0 Å². The third-order valence-electron chi connectivity index (χ3n) is 2.64. The average molecular weight is 286 g/mol. The molecule has 1 N–H and O–H groups in total. The lowest BCUT2D eigenvalue weighted by Crippen LogP contribution is -2.43. The van der Waals surface area contributed by atoms with Crippen molar-refractivity contribution >= 4 is 18.0 Å². The van der Waals surface area contributed by atoms with E-state index in [0.717, 1.165) is 0 Å². The Balaban J connectivity index is 2.42. The molecule has 20 heavy (non-hydrogen) atoms. The van der Waals surface area contributed by atoms with Gasteiger partial charge in [0, 0.05) is 19.1 Å². The average Bonchev–Trinajstić information content (AvgIpc) is 2.75. The molecule has 1 unspecified atom stereocenters. The maximum atomic E-state index is 11.8. The number of carbonyl (C=O) groups excluding carboxylic acids is 3. The van der Waals surface area contributed by atoms with Gasteiger partial charge in [0.05, 0.1) is 6.61 Å². The molecule has 0 aromatic heterocycles. The molecule has 1 atom stereocenters. The van der Waals surface area contributed by atoms with Crippen molar-refractivity contribution in [3.05, 3.63) is 0 Å². The summed E-state index contributed by atoms with van der Waals surface area (Å²) in [7, 11) is 0. The van der Waals surface area contributed by atoms with Crippen molar-refractivity contribution in [3.63, 3.8) is 0 Å². The number of nitrogens with one attached hydrogen (secondary N) is 1. The zero-order valence-electron chi connectivity index (χ0n) is 12.4. The predicted octanol–water partition coefficient (Wildman–Crippen LogP) is 0.675. The number of hydrogen-bond donors (Lipinski definition) is 1. The standard InChI is InChI=1S/C13H22N2O5/c1-5-19-11(17)10(16)14-9-6-7-15(8-9)12(18)20-13(2,3)4/h9H,5-8H2,1-4H3,(H,14,16). The van der Waals surface area contributed by atoms with E-state index in [4.69, 9.17) is 4.74 Å². The van der Waals surface area contributed by atoms with Gasteiger partial charge in [0.15, 0.2) is 0 Å². The van der Waals surface area contributed by atoms with Crippen LogP contribution in [0.25, 0.3) is 0 Å². The molecule has 0 aromatic rings. The molecular weight excluding hydrogens is 264 g/mol. The molecule has 114 valence electrons. The van der Waals surface area contributed by atoms with E-state index in [-0.39, 0.29) is 12.6 Å². The molecule has 0 aromatic carbocycles. The second kappa shape index (κ2) is 6.58. The largest absolute Gasteiger partial charge is 0.459 e. The molecule has 1 rings (SSSR count). The van der Waals surface area contributed by atoms with Gasteiger partial charge in [-0.2, -0.15) is 0 Å². The molecule has 1 fully saturated rings. The normalized spacial score (nSPS) is 18.6. The van der Waals surface area contributed by atoms with E-state index in [1.54, 1.807) is 27.7 Å². The highest BCUT2D eigenvalue weighted by molar-refractivity contribution is 6.32. The fraction of sp³-hybridized carbons (Fsp3) is 0.769. The highest BCUT2D eigenvalue weighted by Gasteiger charge is 2.31. The Bertz CT molecular complexity index is 389. The van der Waals surface area contributed by atoms with E-state index in [1.165, 1.54) is 4.90 Å². The molecular formula is C13H22N2O5. The SMILES string of the molecule is CCOC(=O)C(=O)NC1CCN(C(=O)OC(C)(C)C)C1. The third kappa shape index (κ3) is 5.07.